The van der Waals surface area contributed by atoms with Gasteiger partial charge in [-0.1, -0.05) is 6.07 Å². The first-order valence-corrected chi connectivity index (χ1v) is 6.05. The third-order valence-electron chi connectivity index (χ3n) is 3.01. The third-order valence-corrected chi connectivity index (χ3v) is 3.01. The summed E-state index contributed by atoms with van der Waals surface area (Å²) in [5.74, 6) is -1.86. The summed E-state index contributed by atoms with van der Waals surface area (Å²) in [5, 5.41) is 12.2. The van der Waals surface area contributed by atoms with E-state index in [1.165, 1.54) is 12.1 Å². The highest BCUT2D eigenvalue weighted by Crippen LogP contribution is 2.26. The van der Waals surface area contributed by atoms with Crippen LogP contribution in [0.2, 0.25) is 0 Å². The second-order valence-electron chi connectivity index (χ2n) is 4.62. The minimum atomic E-state index is -0.770. The molecule has 0 aliphatic carbocycles. The van der Waals surface area contributed by atoms with E-state index in [1.54, 1.807) is 26.0 Å². The van der Waals surface area contributed by atoms with Crippen molar-refractivity contribution in [3.63, 3.8) is 0 Å². The minimum absolute atomic E-state index is 0.372. The van der Waals surface area contributed by atoms with Crippen molar-refractivity contribution in [2.24, 2.45) is 0 Å². The Bertz CT molecular complexity index is 640. The van der Waals surface area contributed by atoms with Crippen molar-refractivity contribution in [2.45, 2.75) is 13.8 Å². The highest BCUT2D eigenvalue weighted by Gasteiger charge is 2.18. The number of phenols is 1. The Balaban J connectivity index is 2.38. The molecule has 2 rings (SSSR count). The van der Waals surface area contributed by atoms with E-state index < -0.39 is 17.5 Å². The van der Waals surface area contributed by atoms with Crippen LogP contribution in [-0.4, -0.2) is 11.0 Å². The Morgan fingerprint density at radius 2 is 1.85 bits per heavy atom. The fraction of sp³-hybridized carbons (Fsp3) is 0.133. The number of benzene rings is 2. The minimum Gasteiger partial charge on any atom is -0.507 e. The number of rotatable bonds is 2. The molecule has 0 fully saturated rings. The van der Waals surface area contributed by atoms with Crippen LogP contribution < -0.4 is 11.1 Å². The number of nitrogens with two attached hydrogens (primary N) is 1. The molecule has 5 heteroatoms. The summed E-state index contributed by atoms with van der Waals surface area (Å²) >= 11 is 0. The molecular weight excluding hydrogens is 259 g/mol. The van der Waals surface area contributed by atoms with Crippen molar-refractivity contribution in [3.8, 4) is 5.75 Å². The average molecular weight is 274 g/mol. The van der Waals surface area contributed by atoms with Crippen molar-refractivity contribution in [2.75, 3.05) is 11.1 Å². The van der Waals surface area contributed by atoms with Gasteiger partial charge in [-0.3, -0.25) is 4.79 Å². The zero-order chi connectivity index (χ0) is 14.9. The zero-order valence-corrected chi connectivity index (χ0v) is 11.2. The van der Waals surface area contributed by atoms with Gasteiger partial charge in [0.05, 0.1) is 0 Å². The number of anilines is 2. The smallest absolute Gasteiger partial charge is 0.262 e. The van der Waals surface area contributed by atoms with Gasteiger partial charge in [0.1, 0.15) is 17.1 Å². The summed E-state index contributed by atoms with van der Waals surface area (Å²) in [5.41, 5.74) is 8.03. The Morgan fingerprint density at radius 1 is 1.25 bits per heavy atom. The van der Waals surface area contributed by atoms with E-state index in [4.69, 9.17) is 5.73 Å². The number of hydrogen-bond donors (Lipinski definition) is 3. The Hall–Kier alpha value is -2.56. The molecule has 4 nitrogen and oxygen atoms in total. The molecule has 4 N–H and O–H groups in total. The lowest BCUT2D eigenvalue weighted by atomic mass is 10.1. The van der Waals surface area contributed by atoms with Crippen molar-refractivity contribution in [3.05, 3.63) is 52.8 Å². The first kappa shape index (κ1) is 13.9. The molecule has 20 heavy (non-hydrogen) atoms. The summed E-state index contributed by atoms with van der Waals surface area (Å²) in [7, 11) is 0. The molecule has 0 saturated heterocycles. The monoisotopic (exact) mass is 274 g/mol. The SMILES string of the molecule is Cc1cc(N)cc(C)c1NC(=O)c1c(O)cccc1F. The number of amides is 1. The average Bonchev–Trinajstić information content (AvgIpc) is 2.33. The largest absolute Gasteiger partial charge is 0.507 e. The van der Waals surface area contributed by atoms with E-state index in [0.717, 1.165) is 17.2 Å². The molecule has 104 valence electrons. The molecule has 0 unspecified atom stereocenters. The lowest BCUT2D eigenvalue weighted by Gasteiger charge is -2.13. The summed E-state index contributed by atoms with van der Waals surface area (Å²) in [6.07, 6.45) is 0. The van der Waals surface area contributed by atoms with Gasteiger partial charge in [-0.25, -0.2) is 4.39 Å². The molecule has 0 saturated carbocycles. The van der Waals surface area contributed by atoms with Gasteiger partial charge in [0.2, 0.25) is 0 Å². The van der Waals surface area contributed by atoms with Crippen LogP contribution in [0.15, 0.2) is 30.3 Å². The van der Waals surface area contributed by atoms with Gasteiger partial charge in [-0.2, -0.15) is 0 Å². The van der Waals surface area contributed by atoms with Gasteiger partial charge in [-0.05, 0) is 49.2 Å². The normalized spacial score (nSPS) is 10.3. The molecule has 0 heterocycles. The van der Waals surface area contributed by atoms with Crippen molar-refractivity contribution >= 4 is 17.3 Å². The van der Waals surface area contributed by atoms with Crippen LogP contribution in [0.4, 0.5) is 15.8 Å². The second kappa shape index (κ2) is 5.21. The summed E-state index contributed by atoms with van der Waals surface area (Å²) in [6.45, 7) is 3.58. The van der Waals surface area contributed by atoms with Crippen LogP contribution in [0.1, 0.15) is 21.5 Å². The van der Waals surface area contributed by atoms with Gasteiger partial charge in [0.25, 0.3) is 5.91 Å². The lowest BCUT2D eigenvalue weighted by Crippen LogP contribution is -2.15. The van der Waals surface area contributed by atoms with Crippen molar-refractivity contribution < 1.29 is 14.3 Å². The van der Waals surface area contributed by atoms with E-state index in [9.17, 15) is 14.3 Å². The molecule has 0 spiro atoms. The Morgan fingerprint density at radius 3 is 2.40 bits per heavy atom. The van der Waals surface area contributed by atoms with Crippen molar-refractivity contribution in [1.82, 2.24) is 0 Å². The Labute approximate surface area is 116 Å². The van der Waals surface area contributed by atoms with Crippen LogP contribution in [0.25, 0.3) is 0 Å². The van der Waals surface area contributed by atoms with E-state index in [0.29, 0.717) is 11.4 Å². The second-order valence-corrected chi connectivity index (χ2v) is 4.62. The summed E-state index contributed by atoms with van der Waals surface area (Å²) in [4.78, 5) is 12.1. The molecule has 0 radical (unpaired) electrons. The number of carbonyl (C=O) groups is 1. The van der Waals surface area contributed by atoms with Crippen molar-refractivity contribution in [1.29, 1.82) is 0 Å². The molecule has 0 bridgehead atoms. The van der Waals surface area contributed by atoms with E-state index in [1.807, 2.05) is 0 Å². The van der Waals surface area contributed by atoms with Crippen LogP contribution in [0.3, 0.4) is 0 Å². The lowest BCUT2D eigenvalue weighted by molar-refractivity contribution is 0.102. The number of carbonyl (C=O) groups excluding carboxylic acids is 1. The highest BCUT2D eigenvalue weighted by atomic mass is 19.1. The quantitative estimate of drug-likeness (QED) is 0.737. The number of hydrogen-bond acceptors (Lipinski definition) is 3. The molecule has 2 aromatic rings. The molecule has 2 aromatic carbocycles. The number of aromatic hydroxyl groups is 1. The number of nitrogen functional groups attached to an aromatic ring is 1. The zero-order valence-electron chi connectivity index (χ0n) is 11.2. The molecule has 0 aliphatic rings. The number of nitrogens with one attached hydrogen (secondary N) is 1. The van der Waals surface area contributed by atoms with Crippen LogP contribution in [0, 0.1) is 19.7 Å². The fourth-order valence-corrected chi connectivity index (χ4v) is 2.11. The maximum atomic E-state index is 13.6. The van der Waals surface area contributed by atoms with Gasteiger partial charge in [-0.15, -0.1) is 0 Å². The van der Waals surface area contributed by atoms with Gasteiger partial charge in [0.15, 0.2) is 0 Å². The fourth-order valence-electron chi connectivity index (χ4n) is 2.11. The molecule has 1 amide bonds. The molecular formula is C15H15FN2O2. The summed E-state index contributed by atoms with van der Waals surface area (Å²) < 4.78 is 13.6. The van der Waals surface area contributed by atoms with Gasteiger partial charge >= 0.3 is 0 Å². The van der Waals surface area contributed by atoms with Crippen LogP contribution in [0.5, 0.6) is 5.75 Å². The Kier molecular flexibility index (Phi) is 3.61. The number of halogens is 1. The van der Waals surface area contributed by atoms with Gasteiger partial charge < -0.3 is 16.2 Å². The van der Waals surface area contributed by atoms with Gasteiger partial charge in [0, 0.05) is 11.4 Å². The highest BCUT2D eigenvalue weighted by molar-refractivity contribution is 6.07. The van der Waals surface area contributed by atoms with E-state index in [-0.39, 0.29) is 5.56 Å². The van der Waals surface area contributed by atoms with E-state index in [2.05, 4.69) is 5.32 Å². The predicted molar refractivity (Wildman–Crippen MR) is 76.3 cm³/mol. The van der Waals surface area contributed by atoms with Crippen LogP contribution in [-0.2, 0) is 0 Å². The van der Waals surface area contributed by atoms with Crippen LogP contribution >= 0.6 is 0 Å². The summed E-state index contributed by atoms with van der Waals surface area (Å²) in [6, 6.07) is 7.15. The predicted octanol–water partition coefficient (Wildman–Crippen LogP) is 2.98. The first-order chi connectivity index (χ1) is 9.40. The number of aryl methyl sites for hydroxylation is 2. The maximum absolute atomic E-state index is 13.6. The first-order valence-electron chi connectivity index (χ1n) is 6.05. The molecule has 0 aromatic heterocycles. The standard InChI is InChI=1S/C15H15FN2O2/c1-8-6-10(17)7-9(2)14(8)18-15(20)13-11(16)4-3-5-12(13)19/h3-7,19H,17H2,1-2H3,(H,18,20). The maximum Gasteiger partial charge on any atom is 0.262 e. The number of phenolic OH excluding ortho intramolecular Hbond substituents is 1. The topological polar surface area (TPSA) is 75.3 Å². The third kappa shape index (κ3) is 2.56. The molecule has 0 aliphatic heterocycles. The molecule has 0 atom stereocenters. The van der Waals surface area contributed by atoms with E-state index >= 15 is 0 Å².